The minimum absolute atomic E-state index is 0.795. The van der Waals surface area contributed by atoms with Crippen LogP contribution >= 0.6 is 45.3 Å². The smallest absolute Gasteiger partial charge is 0.123 e. The van der Waals surface area contributed by atoms with Gasteiger partial charge in [-0.25, -0.2) is 19.9 Å². The van der Waals surface area contributed by atoms with Crippen LogP contribution in [0.3, 0.4) is 0 Å². The highest BCUT2D eigenvalue weighted by Gasteiger charge is 2.32. The molecule has 0 saturated heterocycles. The molecule has 354 valence electrons. The van der Waals surface area contributed by atoms with Crippen molar-refractivity contribution in [3.05, 3.63) is 203 Å². The van der Waals surface area contributed by atoms with Crippen LogP contribution in [0.25, 0.3) is 32.3 Å². The molecular weight excluding hydrogens is 961 g/mol. The van der Waals surface area contributed by atoms with Gasteiger partial charge in [-0.2, -0.15) is 0 Å². The first-order chi connectivity index (χ1) is 35.6. The topological polar surface area (TPSA) is 64.5 Å². The highest BCUT2D eigenvalue weighted by atomic mass is 32.1. The van der Waals surface area contributed by atoms with Gasteiger partial charge in [0.05, 0.1) is 67.6 Å². The number of nitrogens with zero attached hydrogens (tertiary/aromatic N) is 8. The molecule has 0 unspecified atom stereocenters. The van der Waals surface area contributed by atoms with Gasteiger partial charge in [0.1, 0.15) is 20.0 Å². The zero-order valence-corrected chi connectivity index (χ0v) is 43.6. The van der Waals surface area contributed by atoms with E-state index in [1.54, 1.807) is 45.3 Å². The maximum atomic E-state index is 4.97. The lowest BCUT2D eigenvalue weighted by atomic mass is 9.89. The Labute approximate surface area is 435 Å². The molecule has 72 heavy (non-hydrogen) atoms. The number of benzene rings is 8. The molecule has 0 atom stereocenters. The van der Waals surface area contributed by atoms with Gasteiger partial charge in [-0.3, -0.25) is 19.6 Å². The van der Waals surface area contributed by atoms with E-state index in [-0.39, 0.29) is 0 Å². The first kappa shape index (κ1) is 45.6. The van der Waals surface area contributed by atoms with Gasteiger partial charge in [-0.1, -0.05) is 125 Å². The normalized spacial score (nSPS) is 11.6. The number of aryl methyl sites for hydroxylation is 4. The SMILES string of the molecule is CCc1ncsc1N(c1ccccc1)c1cc(N(c2ccccc2)c2scnc2CC)c2ccc3c(N(c4ccccc4)c4scnc4CC)cc(N(c4ccccc4)c4scnc4CC)c4ccc1c2c43. The summed E-state index contributed by atoms with van der Waals surface area (Å²) in [6.07, 6.45) is 3.18. The Morgan fingerprint density at radius 1 is 0.306 bits per heavy atom. The molecule has 8 nitrogen and oxygen atoms in total. The quantitative estimate of drug-likeness (QED) is 0.0887. The van der Waals surface area contributed by atoms with Crippen LogP contribution in [-0.4, -0.2) is 19.9 Å². The van der Waals surface area contributed by atoms with E-state index in [1.807, 2.05) is 22.0 Å². The van der Waals surface area contributed by atoms with Crippen molar-refractivity contribution < 1.29 is 0 Å². The summed E-state index contributed by atoms with van der Waals surface area (Å²) >= 11 is 6.75. The van der Waals surface area contributed by atoms with Crippen molar-refractivity contribution in [2.45, 2.75) is 53.4 Å². The number of anilines is 12. The molecule has 12 heteroatoms. The van der Waals surface area contributed by atoms with Gasteiger partial charge in [0.25, 0.3) is 0 Å². The van der Waals surface area contributed by atoms with E-state index in [9.17, 15) is 0 Å². The maximum Gasteiger partial charge on any atom is 0.123 e. The Kier molecular flexibility index (Phi) is 12.4. The fraction of sp³-hybridized carbons (Fsp3) is 0.133. The second-order valence-corrected chi connectivity index (χ2v) is 20.7. The molecule has 0 N–H and O–H groups in total. The number of thiazole rings is 4. The highest BCUT2D eigenvalue weighted by molar-refractivity contribution is 7.15. The molecular formula is C60H50N8S4. The maximum absolute atomic E-state index is 4.97. The monoisotopic (exact) mass is 1010 g/mol. The Hall–Kier alpha value is -7.48. The summed E-state index contributed by atoms with van der Waals surface area (Å²) in [4.78, 5) is 29.7. The van der Waals surface area contributed by atoms with Crippen molar-refractivity contribution in [3.8, 4) is 0 Å². The molecule has 0 saturated carbocycles. The van der Waals surface area contributed by atoms with Gasteiger partial charge in [-0.15, -0.1) is 45.3 Å². The summed E-state index contributed by atoms with van der Waals surface area (Å²) in [5, 5.41) is 11.3. The summed E-state index contributed by atoms with van der Waals surface area (Å²) in [6, 6.07) is 57.5. The lowest BCUT2D eigenvalue weighted by molar-refractivity contribution is 1.05. The third-order valence-electron chi connectivity index (χ3n) is 13.5. The summed E-state index contributed by atoms with van der Waals surface area (Å²) < 4.78 is 0. The van der Waals surface area contributed by atoms with E-state index < -0.39 is 0 Å². The van der Waals surface area contributed by atoms with Crippen molar-refractivity contribution in [2.24, 2.45) is 0 Å². The van der Waals surface area contributed by atoms with Crippen LogP contribution in [0.2, 0.25) is 0 Å². The van der Waals surface area contributed by atoms with Gasteiger partial charge in [0.2, 0.25) is 0 Å². The molecule has 0 aliphatic carbocycles. The van der Waals surface area contributed by atoms with Crippen LogP contribution in [0.5, 0.6) is 0 Å². The van der Waals surface area contributed by atoms with Crippen LogP contribution < -0.4 is 19.6 Å². The lowest BCUT2D eigenvalue weighted by Gasteiger charge is -2.33. The molecule has 0 aliphatic heterocycles. The average Bonchev–Trinajstić information content (AvgIpc) is 4.30. The van der Waals surface area contributed by atoms with E-state index >= 15 is 0 Å². The van der Waals surface area contributed by atoms with Gasteiger partial charge < -0.3 is 0 Å². The Bertz CT molecular complexity index is 3300. The van der Waals surface area contributed by atoms with E-state index in [0.717, 1.165) is 136 Å². The van der Waals surface area contributed by atoms with Gasteiger partial charge >= 0.3 is 0 Å². The number of hydrogen-bond donors (Lipinski definition) is 0. The van der Waals surface area contributed by atoms with Crippen molar-refractivity contribution >= 4 is 143 Å². The summed E-state index contributed by atoms with van der Waals surface area (Å²) in [5.74, 6) is 0. The molecule has 0 spiro atoms. The minimum Gasteiger partial charge on any atom is -0.300 e. The molecule has 4 heterocycles. The largest absolute Gasteiger partial charge is 0.300 e. The van der Waals surface area contributed by atoms with E-state index in [2.05, 4.69) is 205 Å². The van der Waals surface area contributed by atoms with Crippen LogP contribution in [-0.2, 0) is 25.7 Å². The number of aromatic nitrogens is 4. The van der Waals surface area contributed by atoms with Crippen molar-refractivity contribution in [1.29, 1.82) is 0 Å². The molecule has 0 bridgehead atoms. The van der Waals surface area contributed by atoms with Gasteiger partial charge in [0, 0.05) is 55.1 Å². The van der Waals surface area contributed by atoms with Crippen molar-refractivity contribution in [3.63, 3.8) is 0 Å². The number of rotatable bonds is 16. The Balaban J connectivity index is 1.30. The first-order valence-electron chi connectivity index (χ1n) is 24.5. The lowest BCUT2D eigenvalue weighted by Crippen LogP contribution is -2.16. The van der Waals surface area contributed by atoms with Crippen molar-refractivity contribution in [1.82, 2.24) is 19.9 Å². The Morgan fingerprint density at radius 3 is 0.736 bits per heavy atom. The summed E-state index contributed by atoms with van der Waals surface area (Å²) in [7, 11) is 0. The summed E-state index contributed by atoms with van der Waals surface area (Å²) in [6.45, 7) is 8.80. The molecule has 8 aromatic carbocycles. The molecule has 4 aromatic heterocycles. The third kappa shape index (κ3) is 7.77. The van der Waals surface area contributed by atoms with Crippen LogP contribution in [0.15, 0.2) is 180 Å². The molecule has 0 fully saturated rings. The second-order valence-electron chi connectivity index (χ2n) is 17.4. The predicted molar refractivity (Wildman–Crippen MR) is 309 cm³/mol. The average molecular weight is 1010 g/mol. The number of para-hydroxylation sites is 4. The van der Waals surface area contributed by atoms with Crippen LogP contribution in [0.4, 0.5) is 65.5 Å². The molecule has 0 aliphatic rings. The molecule has 0 amide bonds. The van der Waals surface area contributed by atoms with Crippen molar-refractivity contribution in [2.75, 3.05) is 19.6 Å². The van der Waals surface area contributed by atoms with E-state index in [4.69, 9.17) is 19.9 Å². The zero-order valence-electron chi connectivity index (χ0n) is 40.4. The Morgan fingerprint density at radius 2 is 0.528 bits per heavy atom. The standard InChI is InChI=1S/C60H50N8S4/c1-5-47-57(69-35-61-47)65(39-21-13-9-14-22-39)51-33-52(66(40-23-15-10-16-24-40)58-48(6-2)62-36-70-58)44-31-32-46-54(68(42-27-19-12-20-28-42)60-50(8-4)64-38-72-60)34-53(45-30-29-43(51)55(44)56(45)46)67(41-25-17-11-18-26-41)59-49(7-3)63-37-71-59/h9-38H,5-8H2,1-4H3. The third-order valence-corrected chi connectivity index (χ3v) is 16.9. The number of hydrogen-bond acceptors (Lipinski definition) is 12. The molecule has 12 rings (SSSR count). The van der Waals surface area contributed by atoms with Gasteiger partial charge in [0.15, 0.2) is 0 Å². The fourth-order valence-electron chi connectivity index (χ4n) is 10.2. The molecule has 0 radical (unpaired) electrons. The van der Waals surface area contributed by atoms with Crippen LogP contribution in [0.1, 0.15) is 50.5 Å². The highest BCUT2D eigenvalue weighted by Crippen LogP contribution is 2.56. The fourth-order valence-corrected chi connectivity index (χ4v) is 13.9. The zero-order chi connectivity index (χ0) is 48.7. The molecule has 12 aromatic rings. The van der Waals surface area contributed by atoms with E-state index in [0.29, 0.717) is 0 Å². The van der Waals surface area contributed by atoms with E-state index in [1.165, 1.54) is 10.8 Å². The second kappa shape index (κ2) is 19.6. The predicted octanol–water partition coefficient (Wildman–Crippen LogP) is 18.5. The summed E-state index contributed by atoms with van der Waals surface area (Å²) in [5.41, 5.74) is 20.7. The van der Waals surface area contributed by atoms with Gasteiger partial charge in [-0.05, 0) is 86.3 Å². The first-order valence-corrected chi connectivity index (χ1v) is 28.0. The minimum atomic E-state index is 0.795. The van der Waals surface area contributed by atoms with Crippen LogP contribution in [0, 0.1) is 0 Å².